The molecule has 134 valence electrons. The standard InChI is InChI=1S/C19H16ClN7/c1-11-15(16(20)27(25-11)12-7-3-2-4-8-12)17-23-18(21)24-19-22-13-9-5-6-10-14(13)26(17)19/h2-10,17H,1H3,(H3,21,22,23,24)/t17-/m1/s1. The smallest absolute Gasteiger partial charge is 0.212 e. The normalized spacial score (nSPS) is 16.1. The van der Waals surface area contributed by atoms with Crippen LogP contribution in [0.1, 0.15) is 17.4 Å². The van der Waals surface area contributed by atoms with E-state index in [9.17, 15) is 0 Å². The molecule has 4 aromatic rings. The molecule has 0 unspecified atom stereocenters. The molecule has 0 aliphatic carbocycles. The Balaban J connectivity index is 1.74. The summed E-state index contributed by atoms with van der Waals surface area (Å²) in [7, 11) is 0. The summed E-state index contributed by atoms with van der Waals surface area (Å²) in [6.45, 7) is 1.92. The Labute approximate surface area is 160 Å². The highest BCUT2D eigenvalue weighted by atomic mass is 35.5. The molecule has 0 saturated heterocycles. The molecule has 0 fully saturated rings. The van der Waals surface area contributed by atoms with E-state index in [4.69, 9.17) is 17.3 Å². The number of nitrogens with two attached hydrogens (primary N) is 1. The van der Waals surface area contributed by atoms with Crippen molar-refractivity contribution in [1.29, 1.82) is 0 Å². The van der Waals surface area contributed by atoms with Crippen LogP contribution < -0.4 is 11.1 Å². The zero-order valence-corrected chi connectivity index (χ0v) is 15.2. The second-order valence-corrected chi connectivity index (χ2v) is 6.70. The number of aryl methyl sites for hydroxylation is 1. The first-order valence-corrected chi connectivity index (χ1v) is 8.89. The van der Waals surface area contributed by atoms with E-state index in [-0.39, 0.29) is 0 Å². The summed E-state index contributed by atoms with van der Waals surface area (Å²) in [5, 5.41) is 8.18. The zero-order chi connectivity index (χ0) is 18.5. The lowest BCUT2D eigenvalue weighted by molar-refractivity contribution is 0.623. The summed E-state index contributed by atoms with van der Waals surface area (Å²) in [5.74, 6) is 0.933. The fraction of sp³-hybridized carbons (Fsp3) is 0.105. The van der Waals surface area contributed by atoms with E-state index in [2.05, 4.69) is 20.4 Å². The Morgan fingerprint density at radius 1 is 1.07 bits per heavy atom. The summed E-state index contributed by atoms with van der Waals surface area (Å²) in [4.78, 5) is 9.24. The molecule has 3 heterocycles. The van der Waals surface area contributed by atoms with Crippen molar-refractivity contribution >= 4 is 34.5 Å². The number of rotatable bonds is 2. The molecule has 5 rings (SSSR count). The lowest BCUT2D eigenvalue weighted by Crippen LogP contribution is -2.31. The van der Waals surface area contributed by atoms with Crippen LogP contribution in [0.2, 0.25) is 5.15 Å². The Bertz CT molecular complexity index is 1190. The predicted molar refractivity (Wildman–Crippen MR) is 106 cm³/mol. The average molecular weight is 378 g/mol. The number of imidazole rings is 1. The number of guanidine groups is 1. The third-order valence-corrected chi connectivity index (χ3v) is 5.01. The summed E-state index contributed by atoms with van der Waals surface area (Å²) in [6.07, 6.45) is -0.446. The van der Waals surface area contributed by atoms with E-state index >= 15 is 0 Å². The van der Waals surface area contributed by atoms with E-state index in [0.29, 0.717) is 17.1 Å². The Kier molecular flexibility index (Phi) is 3.45. The van der Waals surface area contributed by atoms with Gasteiger partial charge in [-0.3, -0.25) is 9.88 Å². The van der Waals surface area contributed by atoms with Crippen LogP contribution in [0.15, 0.2) is 59.6 Å². The first kappa shape index (κ1) is 15.9. The number of nitrogens with zero attached hydrogens (tertiary/aromatic N) is 5. The van der Waals surface area contributed by atoms with Gasteiger partial charge >= 0.3 is 0 Å². The molecular formula is C19H16ClN7. The third-order valence-electron chi connectivity index (χ3n) is 4.65. The molecule has 2 aromatic carbocycles. The van der Waals surface area contributed by atoms with Crippen LogP contribution in [-0.2, 0) is 0 Å². The topological polar surface area (TPSA) is 86.1 Å². The third kappa shape index (κ3) is 2.39. The predicted octanol–water partition coefficient (Wildman–Crippen LogP) is 3.47. The van der Waals surface area contributed by atoms with Crippen molar-refractivity contribution in [2.24, 2.45) is 10.7 Å². The largest absolute Gasteiger partial charge is 0.370 e. The van der Waals surface area contributed by atoms with Crippen LogP contribution in [0.3, 0.4) is 0 Å². The number of fused-ring (bicyclic) bond motifs is 3. The summed E-state index contributed by atoms with van der Waals surface area (Å²) < 4.78 is 3.72. The fourth-order valence-electron chi connectivity index (χ4n) is 3.45. The van der Waals surface area contributed by atoms with Gasteiger partial charge in [-0.05, 0) is 31.2 Å². The van der Waals surface area contributed by atoms with Gasteiger partial charge < -0.3 is 5.73 Å². The van der Waals surface area contributed by atoms with Crippen molar-refractivity contribution in [3.63, 3.8) is 0 Å². The van der Waals surface area contributed by atoms with Crippen LogP contribution in [0.4, 0.5) is 5.95 Å². The second kappa shape index (κ2) is 5.85. The Morgan fingerprint density at radius 3 is 2.63 bits per heavy atom. The minimum Gasteiger partial charge on any atom is -0.370 e. The van der Waals surface area contributed by atoms with Gasteiger partial charge in [-0.1, -0.05) is 41.9 Å². The van der Waals surface area contributed by atoms with Gasteiger partial charge in [0.2, 0.25) is 5.95 Å². The minimum atomic E-state index is -0.446. The molecule has 1 aliphatic rings. The molecule has 0 bridgehead atoms. The maximum absolute atomic E-state index is 6.77. The van der Waals surface area contributed by atoms with E-state index in [0.717, 1.165) is 28.0 Å². The first-order valence-electron chi connectivity index (χ1n) is 8.51. The van der Waals surface area contributed by atoms with Gasteiger partial charge in [0, 0.05) is 0 Å². The van der Waals surface area contributed by atoms with Crippen LogP contribution in [0, 0.1) is 6.92 Å². The highest BCUT2D eigenvalue weighted by Crippen LogP contribution is 2.37. The van der Waals surface area contributed by atoms with Crippen molar-refractivity contribution in [3.8, 4) is 5.69 Å². The zero-order valence-electron chi connectivity index (χ0n) is 14.5. The second-order valence-electron chi connectivity index (χ2n) is 6.34. The van der Waals surface area contributed by atoms with Crippen molar-refractivity contribution in [1.82, 2.24) is 19.3 Å². The monoisotopic (exact) mass is 377 g/mol. The molecule has 8 heteroatoms. The van der Waals surface area contributed by atoms with Crippen LogP contribution in [0.25, 0.3) is 16.7 Å². The highest BCUT2D eigenvalue weighted by Gasteiger charge is 2.30. The van der Waals surface area contributed by atoms with E-state index < -0.39 is 6.17 Å². The molecule has 1 aliphatic heterocycles. The summed E-state index contributed by atoms with van der Waals surface area (Å²) in [6, 6.07) is 17.6. The molecule has 7 nitrogen and oxygen atoms in total. The van der Waals surface area contributed by atoms with Crippen molar-refractivity contribution in [2.45, 2.75) is 13.1 Å². The number of anilines is 1. The van der Waals surface area contributed by atoms with Crippen molar-refractivity contribution in [2.75, 3.05) is 5.32 Å². The molecule has 0 spiro atoms. The summed E-state index contributed by atoms with van der Waals surface area (Å²) >= 11 is 6.77. The molecule has 2 aromatic heterocycles. The number of para-hydroxylation sites is 3. The highest BCUT2D eigenvalue weighted by molar-refractivity contribution is 6.30. The lowest BCUT2D eigenvalue weighted by Gasteiger charge is -2.23. The van der Waals surface area contributed by atoms with Gasteiger partial charge in [0.05, 0.1) is 28.0 Å². The van der Waals surface area contributed by atoms with Gasteiger partial charge in [0.25, 0.3) is 0 Å². The lowest BCUT2D eigenvalue weighted by atomic mass is 10.2. The molecule has 0 amide bonds. The maximum atomic E-state index is 6.77. The molecular weight excluding hydrogens is 362 g/mol. The van der Waals surface area contributed by atoms with Crippen LogP contribution in [0.5, 0.6) is 0 Å². The molecule has 1 atom stereocenters. The Morgan fingerprint density at radius 2 is 1.81 bits per heavy atom. The van der Waals surface area contributed by atoms with Crippen LogP contribution in [-0.4, -0.2) is 25.3 Å². The van der Waals surface area contributed by atoms with Gasteiger partial charge in [-0.2, -0.15) is 5.10 Å². The fourth-order valence-corrected chi connectivity index (χ4v) is 3.82. The van der Waals surface area contributed by atoms with Gasteiger partial charge in [0.1, 0.15) is 5.15 Å². The molecule has 0 saturated carbocycles. The molecule has 3 N–H and O–H groups in total. The van der Waals surface area contributed by atoms with E-state index in [1.54, 1.807) is 4.68 Å². The first-order chi connectivity index (χ1) is 13.1. The minimum absolute atomic E-state index is 0.297. The maximum Gasteiger partial charge on any atom is 0.212 e. The number of hydrogen-bond donors (Lipinski definition) is 2. The molecule has 0 radical (unpaired) electrons. The van der Waals surface area contributed by atoms with Gasteiger partial charge in [-0.15, -0.1) is 0 Å². The number of aliphatic imine (C=N–C) groups is 1. The Hall–Kier alpha value is -3.32. The number of halogens is 1. The van der Waals surface area contributed by atoms with Gasteiger partial charge in [0.15, 0.2) is 12.1 Å². The number of benzene rings is 2. The average Bonchev–Trinajstić information content (AvgIpc) is 3.18. The van der Waals surface area contributed by atoms with E-state index in [1.165, 1.54) is 0 Å². The van der Waals surface area contributed by atoms with Gasteiger partial charge in [-0.25, -0.2) is 14.7 Å². The van der Waals surface area contributed by atoms with Crippen molar-refractivity contribution < 1.29 is 0 Å². The number of hydrogen-bond acceptors (Lipinski definition) is 5. The quantitative estimate of drug-likeness (QED) is 0.560. The number of aromatic nitrogens is 4. The van der Waals surface area contributed by atoms with Crippen molar-refractivity contribution in [3.05, 3.63) is 71.0 Å². The SMILES string of the molecule is Cc1nn(-c2ccccc2)c(Cl)c1[C@@H]1N=C(N)Nc2nc3ccccc3n21. The van der Waals surface area contributed by atoms with E-state index in [1.807, 2.05) is 66.1 Å². The molecule has 27 heavy (non-hydrogen) atoms. The number of nitrogens with one attached hydrogen (secondary N) is 1. The summed E-state index contributed by atoms with van der Waals surface area (Å²) in [5.41, 5.74) is 10.3. The van der Waals surface area contributed by atoms with Crippen LogP contribution >= 0.6 is 11.6 Å².